The quantitative estimate of drug-likeness (QED) is 0.637. The van der Waals surface area contributed by atoms with Crippen LogP contribution in [-0.4, -0.2) is 22.2 Å². The molecule has 0 saturated heterocycles. The molecule has 0 aliphatic heterocycles. The predicted octanol–water partition coefficient (Wildman–Crippen LogP) is 1.88. The second-order valence-corrected chi connectivity index (χ2v) is 3.72. The molecule has 0 atom stereocenters. The molecule has 2 rings (SSSR count). The molecule has 94 valence electrons. The van der Waals surface area contributed by atoms with Crippen molar-refractivity contribution in [1.29, 1.82) is 0 Å². The number of hydrogen-bond acceptors (Lipinski definition) is 5. The van der Waals surface area contributed by atoms with Crippen LogP contribution in [0.2, 0.25) is 0 Å². The number of aromatic amines is 1. The molecule has 3 N–H and O–H groups in total. The lowest BCUT2D eigenvalue weighted by Crippen LogP contribution is -1.96. The number of ether oxygens (including phenoxy) is 1. The summed E-state index contributed by atoms with van der Waals surface area (Å²) in [5.41, 5.74) is 7.47. The van der Waals surface area contributed by atoms with Gasteiger partial charge in [-0.2, -0.15) is 5.10 Å². The lowest BCUT2D eigenvalue weighted by Gasteiger charge is -2.07. The van der Waals surface area contributed by atoms with E-state index in [1.54, 1.807) is 19.1 Å². The number of nitrogen functional groups attached to an aromatic ring is 1. The van der Waals surface area contributed by atoms with Crippen LogP contribution < -0.4 is 10.5 Å². The van der Waals surface area contributed by atoms with Crippen molar-refractivity contribution in [3.05, 3.63) is 33.9 Å². The summed E-state index contributed by atoms with van der Waals surface area (Å²) < 4.78 is 5.13. The van der Waals surface area contributed by atoms with Crippen LogP contribution in [0.4, 0.5) is 11.5 Å². The van der Waals surface area contributed by atoms with Crippen molar-refractivity contribution in [2.24, 2.45) is 0 Å². The molecule has 0 aliphatic rings. The van der Waals surface area contributed by atoms with Gasteiger partial charge in [-0.25, -0.2) is 0 Å². The van der Waals surface area contributed by atoms with E-state index in [4.69, 9.17) is 10.5 Å². The Bertz CT molecular complexity index is 606. The standard InChI is InChI=1S/C11H12N4O3/c1-6-9(13-14-11(6)12)7-4-3-5-8(15(16)17)10(7)18-2/h3-5H,1-2H3,(H3,12,13,14). The molecule has 7 nitrogen and oxygen atoms in total. The summed E-state index contributed by atoms with van der Waals surface area (Å²) in [6.07, 6.45) is 0. The van der Waals surface area contributed by atoms with Crippen LogP contribution in [0.25, 0.3) is 11.3 Å². The van der Waals surface area contributed by atoms with Crippen LogP contribution in [0.1, 0.15) is 5.56 Å². The molecule has 1 aromatic heterocycles. The highest BCUT2D eigenvalue weighted by Crippen LogP contribution is 2.38. The van der Waals surface area contributed by atoms with Crippen molar-refractivity contribution in [3.8, 4) is 17.0 Å². The number of aromatic nitrogens is 2. The predicted molar refractivity (Wildman–Crippen MR) is 66.4 cm³/mol. The number of rotatable bonds is 3. The van der Waals surface area contributed by atoms with Crippen LogP contribution in [0.15, 0.2) is 18.2 Å². The summed E-state index contributed by atoms with van der Waals surface area (Å²) in [5, 5.41) is 17.6. The zero-order chi connectivity index (χ0) is 13.3. The van der Waals surface area contributed by atoms with Crippen molar-refractivity contribution < 1.29 is 9.66 Å². The van der Waals surface area contributed by atoms with E-state index >= 15 is 0 Å². The number of nitro benzene ring substituents is 1. The Morgan fingerprint density at radius 1 is 1.50 bits per heavy atom. The van der Waals surface area contributed by atoms with Crippen LogP contribution in [-0.2, 0) is 0 Å². The summed E-state index contributed by atoms with van der Waals surface area (Å²) >= 11 is 0. The van der Waals surface area contributed by atoms with Crippen molar-refractivity contribution in [3.63, 3.8) is 0 Å². The zero-order valence-corrected chi connectivity index (χ0v) is 9.93. The monoisotopic (exact) mass is 248 g/mol. The first kappa shape index (κ1) is 11.9. The summed E-state index contributed by atoms with van der Waals surface area (Å²) in [4.78, 5) is 10.4. The summed E-state index contributed by atoms with van der Waals surface area (Å²) in [6, 6.07) is 4.69. The number of nitrogens with two attached hydrogens (primary N) is 1. The molecule has 0 fully saturated rings. The molecule has 0 unspecified atom stereocenters. The Hall–Kier alpha value is -2.57. The fourth-order valence-corrected chi connectivity index (χ4v) is 1.75. The van der Waals surface area contributed by atoms with Crippen LogP contribution >= 0.6 is 0 Å². The smallest absolute Gasteiger partial charge is 0.311 e. The van der Waals surface area contributed by atoms with E-state index < -0.39 is 4.92 Å². The van der Waals surface area contributed by atoms with Gasteiger partial charge in [0.05, 0.1) is 17.7 Å². The van der Waals surface area contributed by atoms with Crippen LogP contribution in [0.5, 0.6) is 5.75 Å². The van der Waals surface area contributed by atoms with Crippen molar-refractivity contribution in [1.82, 2.24) is 10.2 Å². The van der Waals surface area contributed by atoms with Crippen molar-refractivity contribution >= 4 is 11.5 Å². The number of anilines is 1. The molecule has 1 heterocycles. The van der Waals surface area contributed by atoms with E-state index in [0.717, 1.165) is 5.56 Å². The van der Waals surface area contributed by atoms with Gasteiger partial charge in [0.2, 0.25) is 5.75 Å². The zero-order valence-electron chi connectivity index (χ0n) is 9.93. The van der Waals surface area contributed by atoms with Gasteiger partial charge in [-0.3, -0.25) is 15.2 Å². The lowest BCUT2D eigenvalue weighted by atomic mass is 10.1. The minimum absolute atomic E-state index is 0.0948. The largest absolute Gasteiger partial charge is 0.490 e. The van der Waals surface area contributed by atoms with E-state index in [1.165, 1.54) is 13.2 Å². The van der Waals surface area contributed by atoms with E-state index in [-0.39, 0.29) is 11.4 Å². The third-order valence-corrected chi connectivity index (χ3v) is 2.71. The summed E-state index contributed by atoms with van der Waals surface area (Å²) in [5.74, 6) is 0.549. The molecular formula is C11H12N4O3. The minimum Gasteiger partial charge on any atom is -0.490 e. The molecule has 18 heavy (non-hydrogen) atoms. The van der Waals surface area contributed by atoms with Gasteiger partial charge >= 0.3 is 5.69 Å². The highest BCUT2D eigenvalue weighted by molar-refractivity contribution is 5.77. The Balaban J connectivity index is 2.68. The van der Waals surface area contributed by atoms with Gasteiger partial charge in [-0.1, -0.05) is 6.07 Å². The first-order valence-corrected chi connectivity index (χ1v) is 5.18. The Morgan fingerprint density at radius 2 is 2.22 bits per heavy atom. The first-order valence-electron chi connectivity index (χ1n) is 5.18. The third kappa shape index (κ3) is 1.75. The highest BCUT2D eigenvalue weighted by Gasteiger charge is 2.21. The Kier molecular flexibility index (Phi) is 2.88. The molecule has 0 radical (unpaired) electrons. The lowest BCUT2D eigenvalue weighted by molar-refractivity contribution is -0.385. The Morgan fingerprint density at radius 3 is 2.72 bits per heavy atom. The van der Waals surface area contributed by atoms with Gasteiger partial charge in [-0.05, 0) is 13.0 Å². The topological polar surface area (TPSA) is 107 Å². The highest BCUT2D eigenvalue weighted by atomic mass is 16.6. The first-order chi connectivity index (χ1) is 8.56. The van der Waals surface area contributed by atoms with E-state index in [0.29, 0.717) is 17.1 Å². The molecular weight excluding hydrogens is 236 g/mol. The normalized spacial score (nSPS) is 10.3. The molecule has 2 aromatic rings. The summed E-state index contributed by atoms with van der Waals surface area (Å²) in [7, 11) is 1.39. The van der Waals surface area contributed by atoms with E-state index in [1.807, 2.05) is 0 Å². The number of para-hydroxylation sites is 1. The second-order valence-electron chi connectivity index (χ2n) is 3.72. The number of nitro groups is 1. The maximum atomic E-state index is 10.9. The van der Waals surface area contributed by atoms with Crippen LogP contribution in [0, 0.1) is 17.0 Å². The van der Waals surface area contributed by atoms with Gasteiger partial charge in [-0.15, -0.1) is 0 Å². The number of methoxy groups -OCH3 is 1. The molecule has 0 spiro atoms. The SMILES string of the molecule is COc1c(-c2[nH]nc(N)c2C)cccc1[N+](=O)[O-]. The van der Waals surface area contributed by atoms with Gasteiger partial charge in [0.1, 0.15) is 5.82 Å². The number of hydrogen-bond donors (Lipinski definition) is 2. The molecule has 0 saturated carbocycles. The fraction of sp³-hybridized carbons (Fsp3) is 0.182. The number of nitrogens with zero attached hydrogens (tertiary/aromatic N) is 2. The van der Waals surface area contributed by atoms with E-state index in [2.05, 4.69) is 10.2 Å². The van der Waals surface area contributed by atoms with Crippen LogP contribution in [0.3, 0.4) is 0 Å². The number of nitrogens with one attached hydrogen (secondary N) is 1. The maximum absolute atomic E-state index is 10.9. The molecule has 0 aliphatic carbocycles. The van der Waals surface area contributed by atoms with Gasteiger partial charge in [0, 0.05) is 17.2 Å². The van der Waals surface area contributed by atoms with Crippen molar-refractivity contribution in [2.45, 2.75) is 6.92 Å². The molecule has 1 aromatic carbocycles. The second kappa shape index (κ2) is 4.36. The number of H-pyrrole nitrogens is 1. The average Bonchev–Trinajstić information content (AvgIpc) is 2.69. The maximum Gasteiger partial charge on any atom is 0.311 e. The van der Waals surface area contributed by atoms with Crippen molar-refractivity contribution in [2.75, 3.05) is 12.8 Å². The van der Waals surface area contributed by atoms with Gasteiger partial charge in [0.25, 0.3) is 0 Å². The van der Waals surface area contributed by atoms with Gasteiger partial charge < -0.3 is 10.5 Å². The molecule has 7 heteroatoms. The number of benzene rings is 1. The third-order valence-electron chi connectivity index (χ3n) is 2.71. The van der Waals surface area contributed by atoms with Gasteiger partial charge in [0.15, 0.2) is 0 Å². The molecule has 0 amide bonds. The Labute approximate surface area is 103 Å². The summed E-state index contributed by atoms with van der Waals surface area (Å²) in [6.45, 7) is 1.78. The molecule has 0 bridgehead atoms. The van der Waals surface area contributed by atoms with E-state index in [9.17, 15) is 10.1 Å². The average molecular weight is 248 g/mol. The minimum atomic E-state index is -0.489. The fourth-order valence-electron chi connectivity index (χ4n) is 1.75.